The molecule has 0 bridgehead atoms. The fourth-order valence-electron chi connectivity index (χ4n) is 2.24. The SMILES string of the molecule is COc1cc(CC(C)(C)C)cc(F)c1C(C)(C)C. The molecule has 0 radical (unpaired) electrons. The van der Waals surface area contributed by atoms with Crippen LogP contribution in [0.15, 0.2) is 12.1 Å². The maximum atomic E-state index is 14.3. The fourth-order valence-corrected chi connectivity index (χ4v) is 2.24. The lowest BCUT2D eigenvalue weighted by molar-refractivity contribution is 0.381. The minimum atomic E-state index is -0.254. The molecule has 0 unspecified atom stereocenters. The molecule has 1 aromatic rings. The summed E-state index contributed by atoms with van der Waals surface area (Å²) in [5, 5.41) is 0. The van der Waals surface area contributed by atoms with Crippen LogP contribution >= 0.6 is 0 Å². The maximum absolute atomic E-state index is 14.3. The third-order valence-electron chi connectivity index (χ3n) is 2.82. The molecule has 0 aliphatic rings. The Morgan fingerprint density at radius 3 is 2.00 bits per heavy atom. The number of hydrogen-bond acceptors (Lipinski definition) is 1. The van der Waals surface area contributed by atoms with Crippen LogP contribution in [-0.4, -0.2) is 7.11 Å². The number of benzene rings is 1. The number of rotatable bonds is 2. The predicted octanol–water partition coefficient (Wildman–Crippen LogP) is 4.72. The molecular weight excluding hydrogens is 227 g/mol. The van der Waals surface area contributed by atoms with Crippen molar-refractivity contribution in [1.82, 2.24) is 0 Å². The summed E-state index contributed by atoms with van der Waals surface area (Å²) in [5.74, 6) is 0.489. The average molecular weight is 252 g/mol. The van der Waals surface area contributed by atoms with Gasteiger partial charge in [0.05, 0.1) is 7.11 Å². The highest BCUT2D eigenvalue weighted by Gasteiger charge is 2.25. The standard InChI is InChI=1S/C16H25FO/c1-15(2,3)10-11-8-12(17)14(16(4,5)6)13(9-11)18-7/h8-9H,10H2,1-7H3. The van der Waals surface area contributed by atoms with E-state index < -0.39 is 0 Å². The summed E-state index contributed by atoms with van der Waals surface area (Å²) in [5.41, 5.74) is 1.53. The van der Waals surface area contributed by atoms with Crippen molar-refractivity contribution in [3.8, 4) is 5.75 Å². The summed E-state index contributed by atoms with van der Waals surface area (Å²) >= 11 is 0. The molecule has 0 saturated carbocycles. The molecule has 0 aliphatic heterocycles. The lowest BCUT2D eigenvalue weighted by Gasteiger charge is -2.25. The van der Waals surface area contributed by atoms with E-state index in [1.54, 1.807) is 13.2 Å². The van der Waals surface area contributed by atoms with Gasteiger partial charge in [0.1, 0.15) is 11.6 Å². The van der Waals surface area contributed by atoms with E-state index in [2.05, 4.69) is 20.8 Å². The molecule has 102 valence electrons. The Labute approximate surface area is 110 Å². The minimum absolute atomic E-state index is 0.140. The summed E-state index contributed by atoms with van der Waals surface area (Å²) in [6, 6.07) is 3.61. The molecule has 0 aliphatic carbocycles. The first kappa shape index (κ1) is 15.0. The van der Waals surface area contributed by atoms with Crippen LogP contribution in [0.2, 0.25) is 0 Å². The zero-order chi connectivity index (χ0) is 14.1. The van der Waals surface area contributed by atoms with E-state index in [0.29, 0.717) is 11.3 Å². The fraction of sp³-hybridized carbons (Fsp3) is 0.625. The first-order valence-corrected chi connectivity index (χ1v) is 6.41. The molecule has 18 heavy (non-hydrogen) atoms. The second-order valence-corrected chi connectivity index (χ2v) is 7.14. The van der Waals surface area contributed by atoms with Crippen molar-refractivity contribution < 1.29 is 9.13 Å². The Morgan fingerprint density at radius 1 is 1.06 bits per heavy atom. The molecule has 0 heterocycles. The molecule has 0 aromatic heterocycles. The van der Waals surface area contributed by atoms with Crippen molar-refractivity contribution >= 4 is 0 Å². The van der Waals surface area contributed by atoms with Crippen LogP contribution in [0.25, 0.3) is 0 Å². The highest BCUT2D eigenvalue weighted by atomic mass is 19.1. The highest BCUT2D eigenvalue weighted by Crippen LogP contribution is 2.35. The zero-order valence-electron chi connectivity index (χ0n) is 12.6. The van der Waals surface area contributed by atoms with Crippen molar-refractivity contribution in [1.29, 1.82) is 0 Å². The molecule has 0 N–H and O–H groups in total. The van der Waals surface area contributed by atoms with Crippen LogP contribution in [0, 0.1) is 11.2 Å². The third-order valence-corrected chi connectivity index (χ3v) is 2.82. The average Bonchev–Trinajstić information content (AvgIpc) is 2.11. The van der Waals surface area contributed by atoms with Gasteiger partial charge in [-0.05, 0) is 34.9 Å². The Hall–Kier alpha value is -1.05. The van der Waals surface area contributed by atoms with E-state index >= 15 is 0 Å². The van der Waals surface area contributed by atoms with Crippen molar-refractivity contribution in [3.05, 3.63) is 29.1 Å². The van der Waals surface area contributed by atoms with Gasteiger partial charge >= 0.3 is 0 Å². The van der Waals surface area contributed by atoms with E-state index in [0.717, 1.165) is 12.0 Å². The lowest BCUT2D eigenvalue weighted by Crippen LogP contribution is -2.17. The van der Waals surface area contributed by atoms with Gasteiger partial charge in [-0.25, -0.2) is 4.39 Å². The molecule has 1 aromatic carbocycles. The second-order valence-electron chi connectivity index (χ2n) is 7.14. The Bertz CT molecular complexity index is 422. The van der Waals surface area contributed by atoms with E-state index in [4.69, 9.17) is 4.74 Å². The van der Waals surface area contributed by atoms with Gasteiger partial charge in [0, 0.05) is 5.56 Å². The summed E-state index contributed by atoms with van der Waals surface area (Å²) in [4.78, 5) is 0. The van der Waals surface area contributed by atoms with E-state index in [1.165, 1.54) is 0 Å². The monoisotopic (exact) mass is 252 g/mol. The van der Waals surface area contributed by atoms with Crippen LogP contribution in [0.3, 0.4) is 0 Å². The number of ether oxygens (including phenoxy) is 1. The van der Waals surface area contributed by atoms with Crippen LogP contribution in [0.5, 0.6) is 5.75 Å². The number of halogens is 1. The quantitative estimate of drug-likeness (QED) is 0.740. The molecule has 0 saturated heterocycles. The summed E-state index contributed by atoms with van der Waals surface area (Å²) < 4.78 is 19.7. The van der Waals surface area contributed by atoms with Crippen LogP contribution in [0.1, 0.15) is 52.7 Å². The number of methoxy groups -OCH3 is 1. The van der Waals surface area contributed by atoms with E-state index in [-0.39, 0.29) is 16.6 Å². The molecule has 2 heteroatoms. The van der Waals surface area contributed by atoms with Crippen molar-refractivity contribution in [2.24, 2.45) is 5.41 Å². The smallest absolute Gasteiger partial charge is 0.130 e. The van der Waals surface area contributed by atoms with E-state index in [1.807, 2.05) is 26.8 Å². The van der Waals surface area contributed by atoms with Gasteiger partial charge in [-0.15, -0.1) is 0 Å². The topological polar surface area (TPSA) is 9.23 Å². The van der Waals surface area contributed by atoms with Gasteiger partial charge in [-0.3, -0.25) is 0 Å². The van der Waals surface area contributed by atoms with Crippen molar-refractivity contribution in [3.63, 3.8) is 0 Å². The molecule has 0 spiro atoms. The third kappa shape index (κ3) is 3.72. The van der Waals surface area contributed by atoms with Crippen LogP contribution in [0.4, 0.5) is 4.39 Å². The van der Waals surface area contributed by atoms with Crippen LogP contribution in [-0.2, 0) is 11.8 Å². The summed E-state index contributed by atoms with van der Waals surface area (Å²) in [6.07, 6.45) is 0.838. The van der Waals surface area contributed by atoms with Gasteiger partial charge in [0.15, 0.2) is 0 Å². The van der Waals surface area contributed by atoms with Crippen molar-refractivity contribution in [2.45, 2.75) is 53.4 Å². The lowest BCUT2D eigenvalue weighted by atomic mass is 9.83. The van der Waals surface area contributed by atoms with Gasteiger partial charge < -0.3 is 4.74 Å². The van der Waals surface area contributed by atoms with Gasteiger partial charge in [0.25, 0.3) is 0 Å². The number of hydrogen-bond donors (Lipinski definition) is 0. The maximum Gasteiger partial charge on any atom is 0.130 e. The zero-order valence-corrected chi connectivity index (χ0v) is 12.6. The van der Waals surface area contributed by atoms with E-state index in [9.17, 15) is 4.39 Å². The molecule has 0 amide bonds. The Balaban J connectivity index is 3.28. The summed E-state index contributed by atoms with van der Waals surface area (Å²) in [7, 11) is 1.60. The highest BCUT2D eigenvalue weighted by molar-refractivity contribution is 5.43. The molecule has 0 atom stereocenters. The minimum Gasteiger partial charge on any atom is -0.496 e. The Kier molecular flexibility index (Phi) is 4.09. The van der Waals surface area contributed by atoms with Gasteiger partial charge in [-0.1, -0.05) is 41.5 Å². The first-order valence-electron chi connectivity index (χ1n) is 6.41. The normalized spacial score (nSPS) is 12.7. The summed E-state index contributed by atoms with van der Waals surface area (Å²) in [6.45, 7) is 12.4. The predicted molar refractivity (Wildman–Crippen MR) is 74.8 cm³/mol. The van der Waals surface area contributed by atoms with Gasteiger partial charge in [0.2, 0.25) is 0 Å². The largest absolute Gasteiger partial charge is 0.496 e. The second kappa shape index (κ2) is 4.91. The molecular formula is C16H25FO. The molecule has 1 rings (SSSR count). The van der Waals surface area contributed by atoms with Gasteiger partial charge in [-0.2, -0.15) is 0 Å². The molecule has 1 nitrogen and oxygen atoms in total. The van der Waals surface area contributed by atoms with Crippen molar-refractivity contribution in [2.75, 3.05) is 7.11 Å². The first-order chi connectivity index (χ1) is 8.04. The Morgan fingerprint density at radius 2 is 1.61 bits per heavy atom. The van der Waals surface area contributed by atoms with Crippen LogP contribution < -0.4 is 4.74 Å². The molecule has 0 fully saturated rings.